The highest BCUT2D eigenvalue weighted by Crippen LogP contribution is 2.31. The second-order valence-corrected chi connectivity index (χ2v) is 8.44. The van der Waals surface area contributed by atoms with Crippen LogP contribution in [0.1, 0.15) is 12.0 Å². The van der Waals surface area contributed by atoms with Crippen molar-refractivity contribution in [3.63, 3.8) is 0 Å². The van der Waals surface area contributed by atoms with Gasteiger partial charge in [-0.05, 0) is 49.2 Å². The predicted molar refractivity (Wildman–Crippen MR) is 115 cm³/mol. The summed E-state index contributed by atoms with van der Waals surface area (Å²) in [4.78, 5) is 31.4. The van der Waals surface area contributed by atoms with Crippen LogP contribution in [0.3, 0.4) is 0 Å². The van der Waals surface area contributed by atoms with Crippen LogP contribution >= 0.6 is 15.9 Å². The first kappa shape index (κ1) is 19.9. The summed E-state index contributed by atoms with van der Waals surface area (Å²) in [6, 6.07) is 12.5. The summed E-state index contributed by atoms with van der Waals surface area (Å²) in [7, 11) is 0. The average Bonchev–Trinajstić information content (AvgIpc) is 3.09. The van der Waals surface area contributed by atoms with Crippen molar-refractivity contribution in [1.29, 1.82) is 0 Å². The van der Waals surface area contributed by atoms with E-state index in [1.54, 1.807) is 21.9 Å². The van der Waals surface area contributed by atoms with E-state index in [4.69, 9.17) is 0 Å². The summed E-state index contributed by atoms with van der Waals surface area (Å²) < 4.78 is 15.0. The Bertz CT molecular complexity index is 943. The quantitative estimate of drug-likeness (QED) is 0.658. The van der Waals surface area contributed by atoms with Crippen LogP contribution < -0.4 is 9.80 Å². The highest BCUT2D eigenvalue weighted by Gasteiger charge is 2.40. The van der Waals surface area contributed by atoms with Gasteiger partial charge in [-0.3, -0.25) is 9.59 Å². The number of anilines is 2. The van der Waals surface area contributed by atoms with Crippen molar-refractivity contribution in [3.05, 3.63) is 58.3 Å². The van der Waals surface area contributed by atoms with E-state index in [1.165, 1.54) is 6.07 Å². The van der Waals surface area contributed by atoms with Gasteiger partial charge in [0.1, 0.15) is 11.7 Å². The molecule has 2 amide bonds. The molecule has 0 spiro atoms. The van der Waals surface area contributed by atoms with E-state index in [1.807, 2.05) is 36.1 Å². The number of nitrogens with zero attached hydrogens (tertiary/aromatic N) is 3. The first-order chi connectivity index (χ1) is 14.0. The molecule has 2 saturated heterocycles. The maximum absolute atomic E-state index is 14.0. The van der Waals surface area contributed by atoms with Crippen LogP contribution in [-0.4, -0.2) is 49.4 Å². The predicted octanol–water partition coefficient (Wildman–Crippen LogP) is 3.60. The monoisotopic (exact) mass is 459 g/mol. The summed E-state index contributed by atoms with van der Waals surface area (Å²) in [5.74, 6) is -1.12. The second kappa shape index (κ2) is 8.14. The molecule has 2 aromatic carbocycles. The normalized spacial score (nSPS) is 19.8. The zero-order valence-corrected chi connectivity index (χ0v) is 17.9. The fraction of sp³-hybridized carbons (Fsp3) is 0.364. The molecule has 29 heavy (non-hydrogen) atoms. The fourth-order valence-electron chi connectivity index (χ4n) is 4.17. The lowest BCUT2D eigenvalue weighted by molar-refractivity contribution is -0.140. The summed E-state index contributed by atoms with van der Waals surface area (Å²) in [5.41, 5.74) is 2.42. The molecule has 0 unspecified atom stereocenters. The van der Waals surface area contributed by atoms with Crippen molar-refractivity contribution < 1.29 is 14.0 Å². The van der Waals surface area contributed by atoms with Crippen molar-refractivity contribution in [1.82, 2.24) is 4.90 Å². The number of amides is 2. The fourth-order valence-corrected chi connectivity index (χ4v) is 4.64. The number of rotatable bonds is 3. The lowest BCUT2D eigenvalue weighted by Crippen LogP contribution is -2.51. The molecule has 7 heteroatoms. The zero-order valence-electron chi connectivity index (χ0n) is 16.3. The number of hydrogen-bond acceptors (Lipinski definition) is 3. The topological polar surface area (TPSA) is 43.9 Å². The van der Waals surface area contributed by atoms with Gasteiger partial charge in [0.15, 0.2) is 0 Å². The van der Waals surface area contributed by atoms with E-state index in [2.05, 4.69) is 15.9 Å². The van der Waals surface area contributed by atoms with Gasteiger partial charge in [-0.25, -0.2) is 4.39 Å². The van der Waals surface area contributed by atoms with E-state index in [-0.39, 0.29) is 17.6 Å². The molecule has 2 aromatic rings. The molecular formula is C22H23BrFN3O2. The molecule has 0 radical (unpaired) electrons. The number of para-hydroxylation sites is 1. The van der Waals surface area contributed by atoms with Crippen molar-refractivity contribution >= 4 is 39.1 Å². The molecule has 0 saturated carbocycles. The van der Waals surface area contributed by atoms with Crippen LogP contribution in [0.4, 0.5) is 15.8 Å². The third-order valence-corrected chi connectivity index (χ3v) is 6.23. The van der Waals surface area contributed by atoms with Gasteiger partial charge < -0.3 is 14.7 Å². The molecule has 0 N–H and O–H groups in total. The Morgan fingerprint density at radius 3 is 2.45 bits per heavy atom. The van der Waals surface area contributed by atoms with E-state index in [0.717, 1.165) is 15.7 Å². The molecule has 0 bridgehead atoms. The minimum atomic E-state index is -0.627. The van der Waals surface area contributed by atoms with E-state index < -0.39 is 5.92 Å². The van der Waals surface area contributed by atoms with Crippen molar-refractivity contribution in [2.45, 2.75) is 13.3 Å². The van der Waals surface area contributed by atoms with Crippen LogP contribution in [0.15, 0.2) is 46.9 Å². The number of hydrogen-bond donors (Lipinski definition) is 0. The third kappa shape index (κ3) is 3.88. The molecule has 1 atom stereocenters. The molecule has 0 aliphatic carbocycles. The highest BCUT2D eigenvalue weighted by molar-refractivity contribution is 9.10. The minimum absolute atomic E-state index is 0.111. The Morgan fingerprint density at radius 2 is 1.76 bits per heavy atom. The largest absolute Gasteiger partial charge is 0.366 e. The summed E-state index contributed by atoms with van der Waals surface area (Å²) in [6.45, 7) is 4.62. The summed E-state index contributed by atoms with van der Waals surface area (Å²) >= 11 is 3.44. The van der Waals surface area contributed by atoms with E-state index >= 15 is 0 Å². The molecule has 4 rings (SSSR count). The number of carbonyl (C=O) groups excluding carboxylic acids is 2. The maximum atomic E-state index is 14.0. The Balaban J connectivity index is 1.41. The molecule has 2 fully saturated rings. The smallest absolute Gasteiger partial charge is 0.239 e. The average molecular weight is 460 g/mol. The van der Waals surface area contributed by atoms with Crippen molar-refractivity contribution in [2.24, 2.45) is 5.92 Å². The van der Waals surface area contributed by atoms with Crippen molar-refractivity contribution in [2.75, 3.05) is 42.5 Å². The number of aryl methyl sites for hydroxylation is 1. The Morgan fingerprint density at radius 1 is 1.03 bits per heavy atom. The summed E-state index contributed by atoms with van der Waals surface area (Å²) in [5, 5.41) is 0. The van der Waals surface area contributed by atoms with Crippen LogP contribution in [0.2, 0.25) is 0 Å². The van der Waals surface area contributed by atoms with Gasteiger partial charge in [0, 0.05) is 42.9 Å². The van der Waals surface area contributed by atoms with E-state index in [9.17, 15) is 14.0 Å². The molecule has 0 aromatic heterocycles. The number of carbonyl (C=O) groups is 2. The van der Waals surface area contributed by atoms with Gasteiger partial charge in [0.2, 0.25) is 11.8 Å². The SMILES string of the molecule is Cc1cc(Br)ccc1N1CC[C@H](C(=O)N2CCN(c3ccccc3F)CC2)C1=O. The van der Waals surface area contributed by atoms with Gasteiger partial charge in [-0.1, -0.05) is 28.1 Å². The van der Waals surface area contributed by atoms with Crippen LogP contribution in [0.5, 0.6) is 0 Å². The van der Waals surface area contributed by atoms with Gasteiger partial charge in [-0.15, -0.1) is 0 Å². The highest BCUT2D eigenvalue weighted by atomic mass is 79.9. The molecular weight excluding hydrogens is 437 g/mol. The first-order valence-electron chi connectivity index (χ1n) is 9.81. The molecule has 5 nitrogen and oxygen atoms in total. The molecule has 2 aliphatic heterocycles. The first-order valence-corrected chi connectivity index (χ1v) is 10.6. The van der Waals surface area contributed by atoms with Gasteiger partial charge >= 0.3 is 0 Å². The Hall–Kier alpha value is -2.41. The zero-order chi connectivity index (χ0) is 20.5. The maximum Gasteiger partial charge on any atom is 0.239 e. The van der Waals surface area contributed by atoms with Crippen LogP contribution in [0.25, 0.3) is 0 Å². The van der Waals surface area contributed by atoms with Crippen LogP contribution in [0, 0.1) is 18.7 Å². The molecule has 2 heterocycles. The van der Waals surface area contributed by atoms with Crippen LogP contribution in [-0.2, 0) is 9.59 Å². The molecule has 152 valence electrons. The van der Waals surface area contributed by atoms with Crippen molar-refractivity contribution in [3.8, 4) is 0 Å². The minimum Gasteiger partial charge on any atom is -0.366 e. The lowest BCUT2D eigenvalue weighted by atomic mass is 10.1. The second-order valence-electron chi connectivity index (χ2n) is 7.53. The number of benzene rings is 2. The number of halogens is 2. The summed E-state index contributed by atoms with van der Waals surface area (Å²) in [6.07, 6.45) is 0.528. The van der Waals surface area contributed by atoms with Gasteiger partial charge in [0.25, 0.3) is 0 Å². The Kier molecular flexibility index (Phi) is 5.58. The number of piperazine rings is 1. The lowest BCUT2D eigenvalue weighted by Gasteiger charge is -2.37. The van der Waals surface area contributed by atoms with Gasteiger partial charge in [0.05, 0.1) is 5.69 Å². The molecule has 2 aliphatic rings. The third-order valence-electron chi connectivity index (χ3n) is 5.74. The van der Waals surface area contributed by atoms with E-state index in [0.29, 0.717) is 44.8 Å². The standard InChI is InChI=1S/C22H23BrFN3O2/c1-15-14-16(23)6-7-19(15)27-9-8-17(22(27)29)21(28)26-12-10-25(11-13-26)20-5-3-2-4-18(20)24/h2-7,14,17H,8-13H2,1H3/t17-/m1/s1. The Labute approximate surface area is 178 Å². The van der Waals surface area contributed by atoms with Gasteiger partial charge in [-0.2, -0.15) is 0 Å².